The highest BCUT2D eigenvalue weighted by atomic mass is 79.9. The molecule has 1 aromatic carbocycles. The zero-order valence-corrected chi connectivity index (χ0v) is 14.8. The molecule has 0 spiro atoms. The van der Waals surface area contributed by atoms with Crippen LogP contribution in [0.3, 0.4) is 0 Å². The van der Waals surface area contributed by atoms with Gasteiger partial charge in [0.05, 0.1) is 12.2 Å². The van der Waals surface area contributed by atoms with E-state index in [0.717, 1.165) is 10.0 Å². The summed E-state index contributed by atoms with van der Waals surface area (Å²) in [6.45, 7) is 4.74. The summed E-state index contributed by atoms with van der Waals surface area (Å²) in [6.07, 6.45) is 0.218. The highest BCUT2D eigenvalue weighted by Crippen LogP contribution is 2.36. The molecule has 6 heteroatoms. The standard InChI is InChI=1S/C17H20BrNO4/c1-3-22-8-9-23-17(21)16-11(2)19-15(20)10-13(16)12-6-4-5-7-14(12)18/h4-7,13H,3,8-10H2,1-2H3,(H,19,20)/t13-/m0/s1. The molecule has 1 heterocycles. The largest absolute Gasteiger partial charge is 0.460 e. The molecular formula is C17H20BrNO4. The second-order valence-electron chi connectivity index (χ2n) is 5.20. The summed E-state index contributed by atoms with van der Waals surface area (Å²) < 4.78 is 11.3. The van der Waals surface area contributed by atoms with Crippen LogP contribution in [0.2, 0.25) is 0 Å². The Hall–Kier alpha value is -1.66. The van der Waals surface area contributed by atoms with E-state index in [1.54, 1.807) is 6.92 Å². The van der Waals surface area contributed by atoms with E-state index in [1.807, 2.05) is 31.2 Å². The van der Waals surface area contributed by atoms with Gasteiger partial charge in [-0.15, -0.1) is 0 Å². The van der Waals surface area contributed by atoms with Crippen molar-refractivity contribution in [3.8, 4) is 0 Å². The number of allylic oxidation sites excluding steroid dienone is 1. The Bertz CT molecular complexity index is 627. The molecule has 0 saturated carbocycles. The molecule has 2 rings (SSSR count). The van der Waals surface area contributed by atoms with Gasteiger partial charge in [0.1, 0.15) is 6.61 Å². The van der Waals surface area contributed by atoms with Crippen LogP contribution in [-0.2, 0) is 19.1 Å². The summed E-state index contributed by atoms with van der Waals surface area (Å²) >= 11 is 3.50. The Kier molecular flexibility index (Phi) is 6.36. The maximum Gasteiger partial charge on any atom is 0.336 e. The SMILES string of the molecule is CCOCCOC(=O)C1=C(C)NC(=O)C[C@H]1c1ccccc1Br. The Morgan fingerprint density at radius 2 is 2.09 bits per heavy atom. The topological polar surface area (TPSA) is 64.6 Å². The van der Waals surface area contributed by atoms with Gasteiger partial charge in [-0.1, -0.05) is 34.1 Å². The van der Waals surface area contributed by atoms with Crippen molar-refractivity contribution in [3.63, 3.8) is 0 Å². The molecule has 23 heavy (non-hydrogen) atoms. The van der Waals surface area contributed by atoms with Crippen LogP contribution in [0.4, 0.5) is 0 Å². The zero-order valence-electron chi connectivity index (χ0n) is 13.2. The van der Waals surface area contributed by atoms with Gasteiger partial charge in [0.2, 0.25) is 5.91 Å². The van der Waals surface area contributed by atoms with Crippen LogP contribution in [0.5, 0.6) is 0 Å². The Morgan fingerprint density at radius 3 is 2.78 bits per heavy atom. The van der Waals surface area contributed by atoms with Crippen molar-refractivity contribution in [2.75, 3.05) is 19.8 Å². The van der Waals surface area contributed by atoms with Gasteiger partial charge < -0.3 is 14.8 Å². The molecule has 5 nitrogen and oxygen atoms in total. The molecule has 124 valence electrons. The highest BCUT2D eigenvalue weighted by molar-refractivity contribution is 9.10. The number of hydrogen-bond acceptors (Lipinski definition) is 4. The Morgan fingerprint density at radius 1 is 1.35 bits per heavy atom. The number of carbonyl (C=O) groups is 2. The van der Waals surface area contributed by atoms with Gasteiger partial charge in [0, 0.05) is 29.1 Å². The molecule has 1 aliphatic rings. The third-order valence-electron chi connectivity index (χ3n) is 3.63. The molecule has 0 saturated heterocycles. The molecular weight excluding hydrogens is 362 g/mol. The molecule has 1 aliphatic heterocycles. The predicted octanol–water partition coefficient (Wildman–Crippen LogP) is 2.91. The summed E-state index contributed by atoms with van der Waals surface area (Å²) in [7, 11) is 0. The number of ether oxygens (including phenoxy) is 2. The van der Waals surface area contributed by atoms with E-state index in [9.17, 15) is 9.59 Å². The van der Waals surface area contributed by atoms with Crippen molar-refractivity contribution < 1.29 is 19.1 Å². The number of esters is 1. The van der Waals surface area contributed by atoms with Crippen molar-refractivity contribution in [3.05, 3.63) is 45.6 Å². The Balaban J connectivity index is 2.25. The second kappa shape index (κ2) is 8.26. The van der Waals surface area contributed by atoms with Gasteiger partial charge in [0.25, 0.3) is 0 Å². The molecule has 0 radical (unpaired) electrons. The lowest BCUT2D eigenvalue weighted by Gasteiger charge is -2.27. The fraction of sp³-hybridized carbons (Fsp3) is 0.412. The van der Waals surface area contributed by atoms with Crippen LogP contribution in [0.15, 0.2) is 40.0 Å². The fourth-order valence-electron chi connectivity index (χ4n) is 2.61. The van der Waals surface area contributed by atoms with Crippen molar-refractivity contribution in [2.24, 2.45) is 0 Å². The van der Waals surface area contributed by atoms with E-state index in [-0.39, 0.29) is 24.9 Å². The minimum Gasteiger partial charge on any atom is -0.460 e. The van der Waals surface area contributed by atoms with Gasteiger partial charge in [-0.05, 0) is 25.5 Å². The van der Waals surface area contributed by atoms with Crippen molar-refractivity contribution in [1.29, 1.82) is 0 Å². The average molecular weight is 382 g/mol. The molecule has 1 atom stereocenters. The van der Waals surface area contributed by atoms with E-state index >= 15 is 0 Å². The first-order chi connectivity index (χ1) is 11.0. The third-order valence-corrected chi connectivity index (χ3v) is 4.36. The molecule has 0 aromatic heterocycles. The first-order valence-corrected chi connectivity index (χ1v) is 8.33. The molecule has 1 N–H and O–H groups in total. The maximum atomic E-state index is 12.5. The van der Waals surface area contributed by atoms with E-state index < -0.39 is 5.97 Å². The highest BCUT2D eigenvalue weighted by Gasteiger charge is 2.33. The van der Waals surface area contributed by atoms with Gasteiger partial charge in [0.15, 0.2) is 0 Å². The lowest BCUT2D eigenvalue weighted by Crippen LogP contribution is -2.34. The van der Waals surface area contributed by atoms with Gasteiger partial charge in [-0.3, -0.25) is 4.79 Å². The fourth-order valence-corrected chi connectivity index (χ4v) is 3.17. The number of carbonyl (C=O) groups excluding carboxylic acids is 2. The number of benzene rings is 1. The van der Waals surface area contributed by atoms with E-state index in [2.05, 4.69) is 21.2 Å². The monoisotopic (exact) mass is 381 g/mol. The number of rotatable bonds is 6. The van der Waals surface area contributed by atoms with Gasteiger partial charge in [-0.2, -0.15) is 0 Å². The summed E-state index contributed by atoms with van der Waals surface area (Å²) in [5.74, 6) is -0.837. The Labute approximate surface area is 144 Å². The van der Waals surface area contributed by atoms with Crippen molar-refractivity contribution in [1.82, 2.24) is 5.32 Å². The molecule has 0 bridgehead atoms. The lowest BCUT2D eigenvalue weighted by atomic mass is 9.84. The van der Waals surface area contributed by atoms with Crippen molar-refractivity contribution in [2.45, 2.75) is 26.2 Å². The van der Waals surface area contributed by atoms with Crippen LogP contribution in [0.1, 0.15) is 31.7 Å². The zero-order chi connectivity index (χ0) is 16.8. The number of halogens is 1. The molecule has 1 amide bonds. The van der Waals surface area contributed by atoms with Gasteiger partial charge in [-0.25, -0.2) is 4.79 Å². The van der Waals surface area contributed by atoms with Gasteiger partial charge >= 0.3 is 5.97 Å². The van der Waals surface area contributed by atoms with Crippen LogP contribution in [0, 0.1) is 0 Å². The van der Waals surface area contributed by atoms with E-state index in [1.165, 1.54) is 0 Å². The second-order valence-corrected chi connectivity index (χ2v) is 6.05. The van der Waals surface area contributed by atoms with Crippen LogP contribution < -0.4 is 5.32 Å². The maximum absolute atomic E-state index is 12.5. The summed E-state index contributed by atoms with van der Waals surface area (Å²) in [6, 6.07) is 7.59. The third kappa shape index (κ3) is 4.42. The van der Waals surface area contributed by atoms with E-state index in [0.29, 0.717) is 24.5 Å². The van der Waals surface area contributed by atoms with Crippen LogP contribution in [0.25, 0.3) is 0 Å². The predicted molar refractivity (Wildman–Crippen MR) is 89.8 cm³/mol. The smallest absolute Gasteiger partial charge is 0.336 e. The number of hydrogen-bond donors (Lipinski definition) is 1. The quantitative estimate of drug-likeness (QED) is 0.607. The molecule has 0 fully saturated rings. The number of amides is 1. The first kappa shape index (κ1) is 17.7. The minimum atomic E-state index is -0.414. The molecule has 0 unspecified atom stereocenters. The lowest BCUT2D eigenvalue weighted by molar-refractivity contribution is -0.141. The van der Waals surface area contributed by atoms with Crippen molar-refractivity contribution >= 4 is 27.8 Å². The summed E-state index contributed by atoms with van der Waals surface area (Å²) in [4.78, 5) is 24.4. The van der Waals surface area contributed by atoms with Crippen LogP contribution in [-0.4, -0.2) is 31.7 Å². The summed E-state index contributed by atoms with van der Waals surface area (Å²) in [5.41, 5.74) is 1.94. The van der Waals surface area contributed by atoms with Crippen LogP contribution >= 0.6 is 15.9 Å². The minimum absolute atomic E-state index is 0.103. The number of nitrogens with one attached hydrogen (secondary N) is 1. The first-order valence-electron chi connectivity index (χ1n) is 7.54. The van der Waals surface area contributed by atoms with E-state index in [4.69, 9.17) is 9.47 Å². The normalized spacial score (nSPS) is 17.9. The molecule has 0 aliphatic carbocycles. The molecule has 1 aromatic rings. The average Bonchev–Trinajstić information content (AvgIpc) is 2.51. The summed E-state index contributed by atoms with van der Waals surface area (Å²) in [5, 5.41) is 2.72.